The number of epoxide rings is 1. The van der Waals surface area contributed by atoms with E-state index in [2.05, 4.69) is 11.9 Å². The molecule has 1 aliphatic rings. The first-order valence-electron chi connectivity index (χ1n) is 6.71. The number of hydrogen-bond donors (Lipinski definition) is 1. The SMILES string of the molecule is C=C(C)c1cccc(C(C)(C)NC(=O)OCC2CO2)c1. The zero-order valence-corrected chi connectivity index (χ0v) is 12.2. The predicted octanol–water partition coefficient (Wildman–Crippen LogP) is 3.08. The van der Waals surface area contributed by atoms with Crippen molar-refractivity contribution < 1.29 is 14.3 Å². The lowest BCUT2D eigenvalue weighted by Gasteiger charge is -2.27. The molecule has 20 heavy (non-hydrogen) atoms. The maximum Gasteiger partial charge on any atom is 0.407 e. The van der Waals surface area contributed by atoms with Gasteiger partial charge in [-0.1, -0.05) is 30.4 Å². The Bertz CT molecular complexity index is 518. The third kappa shape index (κ3) is 3.84. The second-order valence-electron chi connectivity index (χ2n) is 5.66. The quantitative estimate of drug-likeness (QED) is 0.840. The average Bonchev–Trinajstić information content (AvgIpc) is 3.20. The van der Waals surface area contributed by atoms with Gasteiger partial charge in [0.15, 0.2) is 0 Å². The van der Waals surface area contributed by atoms with E-state index < -0.39 is 11.6 Å². The van der Waals surface area contributed by atoms with E-state index in [1.165, 1.54) is 0 Å². The lowest BCUT2D eigenvalue weighted by atomic mass is 9.92. The van der Waals surface area contributed by atoms with Gasteiger partial charge in [0.1, 0.15) is 12.7 Å². The molecular weight excluding hydrogens is 254 g/mol. The first kappa shape index (κ1) is 14.6. The van der Waals surface area contributed by atoms with Crippen molar-refractivity contribution in [2.75, 3.05) is 13.2 Å². The molecule has 0 bridgehead atoms. The van der Waals surface area contributed by atoms with Crippen molar-refractivity contribution in [3.63, 3.8) is 0 Å². The summed E-state index contributed by atoms with van der Waals surface area (Å²) < 4.78 is 10.1. The minimum Gasteiger partial charge on any atom is -0.447 e. The largest absolute Gasteiger partial charge is 0.447 e. The summed E-state index contributed by atoms with van der Waals surface area (Å²) in [5, 5.41) is 2.88. The van der Waals surface area contributed by atoms with Crippen molar-refractivity contribution in [3.05, 3.63) is 42.0 Å². The molecule has 108 valence electrons. The molecule has 1 atom stereocenters. The molecular formula is C16H21NO3. The Labute approximate surface area is 119 Å². The van der Waals surface area contributed by atoms with E-state index in [0.717, 1.165) is 16.7 Å². The molecule has 1 N–H and O–H groups in total. The van der Waals surface area contributed by atoms with Gasteiger partial charge in [-0.05, 0) is 38.0 Å². The zero-order valence-electron chi connectivity index (χ0n) is 12.2. The van der Waals surface area contributed by atoms with Crippen molar-refractivity contribution in [1.82, 2.24) is 5.32 Å². The van der Waals surface area contributed by atoms with Crippen molar-refractivity contribution in [2.24, 2.45) is 0 Å². The summed E-state index contributed by atoms with van der Waals surface area (Å²) >= 11 is 0. The molecule has 1 aromatic rings. The third-order valence-electron chi connectivity index (χ3n) is 3.29. The Morgan fingerprint density at radius 1 is 1.55 bits per heavy atom. The lowest BCUT2D eigenvalue weighted by Crippen LogP contribution is -2.41. The maximum absolute atomic E-state index is 11.8. The van der Waals surface area contributed by atoms with Gasteiger partial charge in [0.05, 0.1) is 12.1 Å². The molecule has 0 spiro atoms. The number of carbonyl (C=O) groups excluding carboxylic acids is 1. The van der Waals surface area contributed by atoms with E-state index in [-0.39, 0.29) is 6.10 Å². The Morgan fingerprint density at radius 2 is 2.25 bits per heavy atom. The van der Waals surface area contributed by atoms with Gasteiger partial charge in [0, 0.05) is 0 Å². The fourth-order valence-corrected chi connectivity index (χ4v) is 1.87. The summed E-state index contributed by atoms with van der Waals surface area (Å²) in [5.74, 6) is 0. The first-order chi connectivity index (χ1) is 9.38. The molecule has 0 saturated carbocycles. The minimum atomic E-state index is -0.507. The van der Waals surface area contributed by atoms with Crippen molar-refractivity contribution in [2.45, 2.75) is 32.4 Å². The van der Waals surface area contributed by atoms with Gasteiger partial charge in [-0.2, -0.15) is 0 Å². The van der Waals surface area contributed by atoms with E-state index in [1.807, 2.05) is 45.0 Å². The van der Waals surface area contributed by atoms with Crippen LogP contribution in [0.5, 0.6) is 0 Å². The van der Waals surface area contributed by atoms with Crippen LogP contribution in [0.3, 0.4) is 0 Å². The summed E-state index contributed by atoms with van der Waals surface area (Å²) in [4.78, 5) is 11.8. The standard InChI is InChI=1S/C16H21NO3/c1-11(2)12-6-5-7-13(8-12)16(3,4)17-15(18)20-10-14-9-19-14/h5-8,14H,1,9-10H2,2-4H3,(H,17,18). The van der Waals surface area contributed by atoms with Crippen molar-refractivity contribution >= 4 is 11.7 Å². The molecule has 1 fully saturated rings. The molecule has 4 nitrogen and oxygen atoms in total. The van der Waals surface area contributed by atoms with Crippen LogP contribution < -0.4 is 5.32 Å². The highest BCUT2D eigenvalue weighted by atomic mass is 16.6. The van der Waals surface area contributed by atoms with Gasteiger partial charge in [-0.15, -0.1) is 0 Å². The van der Waals surface area contributed by atoms with E-state index in [9.17, 15) is 4.79 Å². The van der Waals surface area contributed by atoms with Crippen LogP contribution in [0.25, 0.3) is 5.57 Å². The number of allylic oxidation sites excluding steroid dienone is 1. The fraction of sp³-hybridized carbons (Fsp3) is 0.438. The Balaban J connectivity index is 2.02. The summed E-state index contributed by atoms with van der Waals surface area (Å²) in [6.07, 6.45) is -0.346. The molecule has 4 heteroatoms. The molecule has 0 aliphatic carbocycles. The smallest absolute Gasteiger partial charge is 0.407 e. The predicted molar refractivity (Wildman–Crippen MR) is 78.4 cm³/mol. The highest BCUT2D eigenvalue weighted by Gasteiger charge is 2.27. The zero-order chi connectivity index (χ0) is 14.8. The monoisotopic (exact) mass is 275 g/mol. The van der Waals surface area contributed by atoms with E-state index >= 15 is 0 Å². The van der Waals surface area contributed by atoms with Gasteiger partial charge in [-0.25, -0.2) is 4.79 Å². The number of carbonyl (C=O) groups is 1. The summed E-state index contributed by atoms with van der Waals surface area (Å²) in [6, 6.07) is 7.99. The molecule has 1 aromatic carbocycles. The number of amides is 1. The van der Waals surface area contributed by atoms with Crippen LogP contribution >= 0.6 is 0 Å². The van der Waals surface area contributed by atoms with Crippen molar-refractivity contribution in [3.8, 4) is 0 Å². The van der Waals surface area contributed by atoms with Gasteiger partial charge in [0.25, 0.3) is 0 Å². The van der Waals surface area contributed by atoms with Crippen LogP contribution in [-0.2, 0) is 15.0 Å². The topological polar surface area (TPSA) is 50.9 Å². The molecule has 1 saturated heterocycles. The number of nitrogens with one attached hydrogen (secondary N) is 1. The highest BCUT2D eigenvalue weighted by Crippen LogP contribution is 2.23. The molecule has 1 amide bonds. The van der Waals surface area contributed by atoms with Crippen LogP contribution in [-0.4, -0.2) is 25.4 Å². The van der Waals surface area contributed by atoms with Gasteiger partial charge < -0.3 is 14.8 Å². The summed E-state index contributed by atoms with van der Waals surface area (Å²) in [6.45, 7) is 10.8. The Hall–Kier alpha value is -1.81. The third-order valence-corrected chi connectivity index (χ3v) is 3.29. The van der Waals surface area contributed by atoms with Crippen LogP contribution in [0, 0.1) is 0 Å². The summed E-state index contributed by atoms with van der Waals surface area (Å²) in [5.41, 5.74) is 2.57. The van der Waals surface area contributed by atoms with Crippen molar-refractivity contribution in [1.29, 1.82) is 0 Å². The second-order valence-corrected chi connectivity index (χ2v) is 5.66. The Kier molecular flexibility index (Phi) is 4.14. The molecule has 1 aliphatic heterocycles. The normalized spacial score (nSPS) is 17.4. The number of benzene rings is 1. The second kappa shape index (κ2) is 5.67. The number of ether oxygens (including phenoxy) is 2. The number of hydrogen-bond acceptors (Lipinski definition) is 3. The first-order valence-corrected chi connectivity index (χ1v) is 6.71. The molecule has 1 unspecified atom stereocenters. The molecule has 0 radical (unpaired) electrons. The number of rotatable bonds is 5. The van der Waals surface area contributed by atoms with E-state index in [1.54, 1.807) is 0 Å². The highest BCUT2D eigenvalue weighted by molar-refractivity contribution is 5.69. The molecule has 2 rings (SSSR count). The van der Waals surface area contributed by atoms with Gasteiger partial charge in [-0.3, -0.25) is 0 Å². The average molecular weight is 275 g/mol. The van der Waals surface area contributed by atoms with Crippen LogP contribution in [0.4, 0.5) is 4.79 Å². The van der Waals surface area contributed by atoms with Crippen LogP contribution in [0.15, 0.2) is 30.8 Å². The van der Waals surface area contributed by atoms with Crippen LogP contribution in [0.1, 0.15) is 31.9 Å². The van der Waals surface area contributed by atoms with Crippen LogP contribution in [0.2, 0.25) is 0 Å². The lowest BCUT2D eigenvalue weighted by molar-refractivity contribution is 0.126. The minimum absolute atomic E-state index is 0.0793. The molecule has 0 aromatic heterocycles. The van der Waals surface area contributed by atoms with Gasteiger partial charge in [0.2, 0.25) is 0 Å². The maximum atomic E-state index is 11.8. The Morgan fingerprint density at radius 3 is 2.85 bits per heavy atom. The van der Waals surface area contributed by atoms with Gasteiger partial charge >= 0.3 is 6.09 Å². The number of alkyl carbamates (subject to hydrolysis) is 1. The molecule has 1 heterocycles. The van der Waals surface area contributed by atoms with E-state index in [4.69, 9.17) is 9.47 Å². The summed E-state index contributed by atoms with van der Waals surface area (Å²) in [7, 11) is 0. The van der Waals surface area contributed by atoms with E-state index in [0.29, 0.717) is 13.2 Å². The fourth-order valence-electron chi connectivity index (χ4n) is 1.87.